The Morgan fingerprint density at radius 1 is 1.30 bits per heavy atom. The van der Waals surface area contributed by atoms with Gasteiger partial charge >= 0.3 is 6.03 Å². The number of hydrogen-bond donors (Lipinski definition) is 1. The van der Waals surface area contributed by atoms with Gasteiger partial charge in [0.25, 0.3) is 11.8 Å². The highest BCUT2D eigenvalue weighted by Gasteiger charge is 2.51. The van der Waals surface area contributed by atoms with Crippen molar-refractivity contribution in [3.8, 4) is 6.07 Å². The van der Waals surface area contributed by atoms with Gasteiger partial charge in [0.15, 0.2) is 0 Å². The SMILES string of the molecule is CN1C(=O)NC2(CCN(C(=O)c3cccc(C#N)c3)CC2)C1=O. The maximum Gasteiger partial charge on any atom is 0.324 e. The molecule has 118 valence electrons. The van der Waals surface area contributed by atoms with Gasteiger partial charge in [0.1, 0.15) is 5.54 Å². The minimum atomic E-state index is -0.878. The Balaban J connectivity index is 1.72. The third-order valence-electron chi connectivity index (χ3n) is 4.51. The zero-order chi connectivity index (χ0) is 16.6. The summed E-state index contributed by atoms with van der Waals surface area (Å²) in [6, 6.07) is 8.17. The van der Waals surface area contributed by atoms with Crippen molar-refractivity contribution < 1.29 is 14.4 Å². The fraction of sp³-hybridized carbons (Fsp3) is 0.375. The molecule has 2 aliphatic heterocycles. The van der Waals surface area contributed by atoms with Crippen LogP contribution < -0.4 is 5.32 Å². The molecule has 2 saturated heterocycles. The highest BCUT2D eigenvalue weighted by Crippen LogP contribution is 2.29. The van der Waals surface area contributed by atoms with E-state index in [-0.39, 0.29) is 11.8 Å². The van der Waals surface area contributed by atoms with Gasteiger partial charge in [0, 0.05) is 25.7 Å². The monoisotopic (exact) mass is 312 g/mol. The fourth-order valence-electron chi connectivity index (χ4n) is 3.09. The zero-order valence-electron chi connectivity index (χ0n) is 12.7. The van der Waals surface area contributed by atoms with Crippen LogP contribution in [0.1, 0.15) is 28.8 Å². The van der Waals surface area contributed by atoms with E-state index in [9.17, 15) is 14.4 Å². The lowest BCUT2D eigenvalue weighted by molar-refractivity contribution is -0.131. The predicted molar refractivity (Wildman–Crippen MR) is 80.3 cm³/mol. The number of rotatable bonds is 1. The molecule has 0 radical (unpaired) electrons. The number of likely N-dealkylation sites (N-methyl/N-ethyl adjacent to an activating group) is 1. The number of carbonyl (C=O) groups is 3. The Hall–Kier alpha value is -2.88. The van der Waals surface area contributed by atoms with Crippen molar-refractivity contribution in [3.05, 3.63) is 35.4 Å². The molecule has 0 bridgehead atoms. The van der Waals surface area contributed by atoms with E-state index in [0.29, 0.717) is 37.1 Å². The van der Waals surface area contributed by atoms with E-state index in [1.54, 1.807) is 29.2 Å². The van der Waals surface area contributed by atoms with E-state index in [0.717, 1.165) is 4.90 Å². The number of carbonyl (C=O) groups excluding carboxylic acids is 3. The summed E-state index contributed by atoms with van der Waals surface area (Å²) >= 11 is 0. The van der Waals surface area contributed by atoms with Crippen LogP contribution in [0, 0.1) is 11.3 Å². The largest absolute Gasteiger partial charge is 0.338 e. The molecule has 0 saturated carbocycles. The summed E-state index contributed by atoms with van der Waals surface area (Å²) in [7, 11) is 1.46. The van der Waals surface area contributed by atoms with Crippen molar-refractivity contribution in [2.75, 3.05) is 20.1 Å². The quantitative estimate of drug-likeness (QED) is 0.773. The molecule has 2 heterocycles. The molecule has 0 aromatic heterocycles. The molecule has 0 aliphatic carbocycles. The first kappa shape index (κ1) is 15.0. The topological polar surface area (TPSA) is 93.5 Å². The summed E-state index contributed by atoms with van der Waals surface area (Å²) in [5.74, 6) is -0.400. The molecule has 1 spiro atoms. The van der Waals surface area contributed by atoms with E-state index in [4.69, 9.17) is 5.26 Å². The van der Waals surface area contributed by atoms with E-state index >= 15 is 0 Å². The summed E-state index contributed by atoms with van der Waals surface area (Å²) in [4.78, 5) is 39.1. The van der Waals surface area contributed by atoms with Gasteiger partial charge in [-0.3, -0.25) is 14.5 Å². The normalized spacial score (nSPS) is 19.7. The third kappa shape index (κ3) is 2.42. The van der Waals surface area contributed by atoms with Crippen LogP contribution in [0.25, 0.3) is 0 Å². The van der Waals surface area contributed by atoms with Gasteiger partial charge in [-0.05, 0) is 31.0 Å². The first-order chi connectivity index (χ1) is 11.0. The van der Waals surface area contributed by atoms with E-state index in [2.05, 4.69) is 5.32 Å². The Bertz CT molecular complexity index is 729. The molecule has 23 heavy (non-hydrogen) atoms. The van der Waals surface area contributed by atoms with E-state index < -0.39 is 11.6 Å². The van der Waals surface area contributed by atoms with Crippen LogP contribution in [-0.4, -0.2) is 53.3 Å². The van der Waals surface area contributed by atoms with Crippen molar-refractivity contribution in [3.63, 3.8) is 0 Å². The lowest BCUT2D eigenvalue weighted by Crippen LogP contribution is -2.55. The number of imide groups is 1. The van der Waals surface area contributed by atoms with Crippen molar-refractivity contribution in [2.45, 2.75) is 18.4 Å². The van der Waals surface area contributed by atoms with Crippen molar-refractivity contribution >= 4 is 17.8 Å². The molecule has 1 aromatic rings. The highest BCUT2D eigenvalue weighted by atomic mass is 16.2. The second-order valence-corrected chi connectivity index (χ2v) is 5.86. The molecule has 3 rings (SSSR count). The first-order valence-corrected chi connectivity index (χ1v) is 7.36. The minimum absolute atomic E-state index is 0.165. The average molecular weight is 312 g/mol. The molecule has 2 aliphatic rings. The zero-order valence-corrected chi connectivity index (χ0v) is 12.7. The molecule has 7 heteroatoms. The lowest BCUT2D eigenvalue weighted by Gasteiger charge is -2.37. The van der Waals surface area contributed by atoms with Crippen molar-refractivity contribution in [1.82, 2.24) is 15.1 Å². The summed E-state index contributed by atoms with van der Waals surface area (Å²) in [5, 5.41) is 11.7. The Kier molecular flexibility index (Phi) is 3.52. The van der Waals surface area contributed by atoms with Gasteiger partial charge < -0.3 is 10.2 Å². The summed E-state index contributed by atoms with van der Waals surface area (Å²) in [5.41, 5.74) is 0.0139. The second-order valence-electron chi connectivity index (χ2n) is 5.86. The van der Waals surface area contributed by atoms with Gasteiger partial charge in [0.2, 0.25) is 0 Å². The maximum atomic E-state index is 12.5. The smallest absolute Gasteiger partial charge is 0.324 e. The summed E-state index contributed by atoms with van der Waals surface area (Å²) < 4.78 is 0. The Morgan fingerprint density at radius 2 is 2.00 bits per heavy atom. The van der Waals surface area contributed by atoms with E-state index in [1.165, 1.54) is 7.05 Å². The number of nitriles is 1. The average Bonchev–Trinajstić information content (AvgIpc) is 2.79. The van der Waals surface area contributed by atoms with Crippen LogP contribution in [-0.2, 0) is 4.79 Å². The van der Waals surface area contributed by atoms with E-state index in [1.807, 2.05) is 6.07 Å². The van der Waals surface area contributed by atoms with Crippen LogP contribution in [0.15, 0.2) is 24.3 Å². The fourth-order valence-corrected chi connectivity index (χ4v) is 3.09. The van der Waals surface area contributed by atoms with Crippen LogP contribution in [0.3, 0.4) is 0 Å². The molecular formula is C16H16N4O3. The Morgan fingerprint density at radius 3 is 2.57 bits per heavy atom. The molecule has 4 amide bonds. The van der Waals surface area contributed by atoms with Gasteiger partial charge in [-0.1, -0.05) is 6.07 Å². The summed E-state index contributed by atoms with van der Waals surface area (Å²) in [6.07, 6.45) is 0.789. The minimum Gasteiger partial charge on any atom is -0.338 e. The number of likely N-dealkylation sites (tertiary alicyclic amines) is 1. The number of piperidine rings is 1. The molecule has 0 atom stereocenters. The Labute approximate surface area is 133 Å². The van der Waals surface area contributed by atoms with Crippen molar-refractivity contribution in [1.29, 1.82) is 5.26 Å². The van der Waals surface area contributed by atoms with Crippen molar-refractivity contribution in [2.24, 2.45) is 0 Å². The molecule has 7 nitrogen and oxygen atoms in total. The number of urea groups is 1. The molecule has 2 fully saturated rings. The van der Waals surface area contributed by atoms with Gasteiger partial charge in [-0.2, -0.15) is 5.26 Å². The number of amides is 4. The highest BCUT2D eigenvalue weighted by molar-refractivity contribution is 6.07. The first-order valence-electron chi connectivity index (χ1n) is 7.36. The van der Waals surface area contributed by atoms with Crippen LogP contribution in [0.5, 0.6) is 0 Å². The van der Waals surface area contributed by atoms with Crippen LogP contribution in [0.4, 0.5) is 4.79 Å². The molecule has 1 N–H and O–H groups in total. The third-order valence-corrected chi connectivity index (χ3v) is 4.51. The molecular weight excluding hydrogens is 296 g/mol. The number of nitrogens with one attached hydrogen (secondary N) is 1. The number of benzene rings is 1. The standard InChI is InChI=1S/C16H16N4O3/c1-19-14(22)16(18-15(19)23)5-7-20(8-6-16)13(21)12-4-2-3-11(9-12)10-17/h2-4,9H,5-8H2,1H3,(H,18,23). The summed E-state index contributed by atoms with van der Waals surface area (Å²) in [6.45, 7) is 0.769. The van der Waals surface area contributed by atoms with Gasteiger partial charge in [-0.15, -0.1) is 0 Å². The lowest BCUT2D eigenvalue weighted by atomic mass is 9.87. The second kappa shape index (κ2) is 5.39. The molecule has 0 unspecified atom stereocenters. The van der Waals surface area contributed by atoms with Gasteiger partial charge in [-0.25, -0.2) is 4.79 Å². The van der Waals surface area contributed by atoms with Gasteiger partial charge in [0.05, 0.1) is 11.6 Å². The van der Waals surface area contributed by atoms with Crippen LogP contribution in [0.2, 0.25) is 0 Å². The predicted octanol–water partition coefficient (Wildman–Crippen LogP) is 0.715. The van der Waals surface area contributed by atoms with Crippen LogP contribution >= 0.6 is 0 Å². The molecule has 1 aromatic carbocycles. The number of hydrogen-bond acceptors (Lipinski definition) is 4. The number of nitrogens with zero attached hydrogens (tertiary/aromatic N) is 3. The maximum absolute atomic E-state index is 12.5.